The highest BCUT2D eigenvalue weighted by molar-refractivity contribution is 7.16. The molecule has 4 heterocycles. The Morgan fingerprint density at radius 3 is 1.21 bits per heavy atom. The van der Waals surface area contributed by atoms with Crippen molar-refractivity contribution in [1.29, 1.82) is 0 Å². The van der Waals surface area contributed by atoms with Crippen molar-refractivity contribution in [1.82, 2.24) is 19.9 Å². The molecule has 0 unspecified atom stereocenters. The van der Waals surface area contributed by atoms with E-state index in [0.29, 0.717) is 30.4 Å². The third-order valence-corrected chi connectivity index (χ3v) is 12.8. The molecule has 0 atom stereocenters. The van der Waals surface area contributed by atoms with Crippen LogP contribution in [0.5, 0.6) is 0 Å². The lowest BCUT2D eigenvalue weighted by Crippen LogP contribution is -1.99. The number of benzene rings is 4. The minimum absolute atomic E-state index is 0.0654. The molecule has 0 aliphatic heterocycles. The zero-order valence-corrected chi connectivity index (χ0v) is 37.9. The summed E-state index contributed by atoms with van der Waals surface area (Å²) in [7, 11) is 0. The predicted molar refractivity (Wildman–Crippen MR) is 247 cm³/mol. The summed E-state index contributed by atoms with van der Waals surface area (Å²) in [5.74, 6) is -4.55. The summed E-state index contributed by atoms with van der Waals surface area (Å²) in [6.07, 6.45) is 0. The van der Waals surface area contributed by atoms with E-state index in [-0.39, 0.29) is 28.3 Å². The first kappa shape index (κ1) is 47.5. The topological polar surface area (TPSA) is 201 Å². The van der Waals surface area contributed by atoms with Gasteiger partial charge >= 0.3 is 23.9 Å². The Balaban J connectivity index is 0.000000158. The summed E-state index contributed by atoms with van der Waals surface area (Å²) < 4.78 is 13.5. The fourth-order valence-corrected chi connectivity index (χ4v) is 9.83. The first-order valence-electron chi connectivity index (χ1n) is 18.4. The molecule has 0 aliphatic carbocycles. The summed E-state index contributed by atoms with van der Waals surface area (Å²) >= 11 is 11.4. The molecule has 12 nitrogen and oxygen atoms in total. The highest BCUT2D eigenvalue weighted by Gasteiger charge is 2.21. The first-order valence-corrected chi connectivity index (χ1v) is 22.0. The van der Waals surface area contributed by atoms with Crippen molar-refractivity contribution < 1.29 is 44.0 Å². The average Bonchev–Trinajstić information content (AvgIpc) is 4.04. The zero-order valence-electron chi connectivity index (χ0n) is 33.9. The summed E-state index contributed by atoms with van der Waals surface area (Å²) in [5, 5.41) is 39.4. The van der Waals surface area contributed by atoms with E-state index in [2.05, 4.69) is 19.9 Å². The average molecular weight is 944 g/mol. The Kier molecular flexibility index (Phi) is 16.2. The minimum atomic E-state index is -1.14. The van der Waals surface area contributed by atoms with E-state index in [1.807, 2.05) is 81.4 Å². The molecule has 0 bridgehead atoms. The van der Waals surface area contributed by atoms with Crippen LogP contribution in [0.4, 0.5) is 4.39 Å². The quantitative estimate of drug-likeness (QED) is 0.112. The molecule has 18 heteroatoms. The fraction of sp³-hybridized carbons (Fsp3) is 0.111. The van der Waals surface area contributed by atoms with Gasteiger partial charge in [-0.1, -0.05) is 103 Å². The highest BCUT2D eigenvalue weighted by Crippen LogP contribution is 2.36. The van der Waals surface area contributed by atoms with E-state index < -0.39 is 29.7 Å². The third kappa shape index (κ3) is 12.1. The maximum absolute atomic E-state index is 13.5. The van der Waals surface area contributed by atoms with Gasteiger partial charge in [0.05, 0.1) is 39.5 Å². The number of halogens is 2. The molecule has 0 saturated heterocycles. The second kappa shape index (κ2) is 21.5. The fourth-order valence-electron chi connectivity index (χ4n) is 5.74. The SMILES string of the molecule is Cc1nc(C(=O)O)c(-c2ccccc2)s1.Cc1nc(C(=O)O)c(-c2ccccc2C)s1.Cc1nc(C(=O)O)c(-c2ccccc2Cl)s1.Cc1nc(C(=O)O)c(-c2ccccc2F)s1. The molecule has 8 rings (SSSR count). The molecule has 0 spiro atoms. The van der Waals surface area contributed by atoms with Crippen LogP contribution in [0, 0.1) is 40.4 Å². The number of aromatic carboxylic acids is 4. The number of thiazole rings is 4. The molecule has 0 radical (unpaired) electrons. The standard InChI is InChI=1S/C12H11NO2S.C11H8ClNO2S.C11H8FNO2S.C11H9NO2S/c1-7-5-3-4-6-9(7)11-10(12(14)15)13-8(2)16-11;2*1-6-13-9(11(14)15)10(16-6)7-4-2-3-5-8(7)12;1-7-12-9(11(13)14)10(15-7)8-5-3-2-4-6-8/h3-6H,1-2H3,(H,14,15);2*2-5H,1H3,(H,14,15);2-6H,1H3,(H,13,14). The van der Waals surface area contributed by atoms with Crippen LogP contribution in [0.2, 0.25) is 5.02 Å². The molecule has 0 fully saturated rings. The molecule has 0 aliphatic rings. The van der Waals surface area contributed by atoms with Gasteiger partial charge in [0.2, 0.25) is 0 Å². The van der Waals surface area contributed by atoms with Gasteiger partial charge in [-0.3, -0.25) is 0 Å². The summed E-state index contributed by atoms with van der Waals surface area (Å²) in [6.45, 7) is 9.07. The van der Waals surface area contributed by atoms with Crippen LogP contribution in [-0.2, 0) is 0 Å². The number of hydrogen-bond donors (Lipinski definition) is 4. The predicted octanol–water partition coefficient (Wildman–Crippen LogP) is 12.4. The maximum atomic E-state index is 13.5. The van der Waals surface area contributed by atoms with Gasteiger partial charge in [0.15, 0.2) is 22.8 Å². The van der Waals surface area contributed by atoms with E-state index >= 15 is 0 Å². The molecule has 4 aromatic heterocycles. The summed E-state index contributed by atoms with van der Waals surface area (Å²) in [4.78, 5) is 62.3. The van der Waals surface area contributed by atoms with Gasteiger partial charge in [0.1, 0.15) is 5.82 Å². The summed E-state index contributed by atoms with van der Waals surface area (Å²) in [5.41, 5.74) is 4.18. The molecule has 322 valence electrons. The van der Waals surface area contributed by atoms with Crippen LogP contribution in [0.1, 0.15) is 67.5 Å². The lowest BCUT2D eigenvalue weighted by atomic mass is 10.1. The van der Waals surface area contributed by atoms with Crippen molar-refractivity contribution in [3.8, 4) is 41.8 Å². The number of aryl methyl sites for hydroxylation is 5. The molecule has 8 aromatic rings. The second-order valence-electron chi connectivity index (χ2n) is 13.0. The number of carboxylic acids is 4. The van der Waals surface area contributed by atoms with Gasteiger partial charge in [-0.25, -0.2) is 43.5 Å². The van der Waals surface area contributed by atoms with Crippen molar-refractivity contribution in [3.63, 3.8) is 0 Å². The Morgan fingerprint density at radius 2 is 0.778 bits per heavy atom. The maximum Gasteiger partial charge on any atom is 0.356 e. The molecule has 0 saturated carbocycles. The van der Waals surface area contributed by atoms with Crippen LogP contribution < -0.4 is 0 Å². The van der Waals surface area contributed by atoms with E-state index in [9.17, 15) is 23.6 Å². The lowest BCUT2D eigenvalue weighted by molar-refractivity contribution is 0.0681. The Labute approximate surface area is 381 Å². The Morgan fingerprint density at radius 1 is 0.444 bits per heavy atom. The third-order valence-electron chi connectivity index (χ3n) is 8.41. The number of rotatable bonds is 8. The van der Waals surface area contributed by atoms with Gasteiger partial charge in [-0.15, -0.1) is 45.3 Å². The Bertz CT molecular complexity index is 2690. The normalized spacial score (nSPS) is 10.3. The molecular weight excluding hydrogens is 907 g/mol. The highest BCUT2D eigenvalue weighted by atomic mass is 35.5. The second-order valence-corrected chi connectivity index (χ2v) is 18.2. The lowest BCUT2D eigenvalue weighted by Gasteiger charge is -2.02. The number of nitrogens with zero attached hydrogens (tertiary/aromatic N) is 4. The molecule has 4 N–H and O–H groups in total. The largest absolute Gasteiger partial charge is 0.476 e. The first-order chi connectivity index (χ1) is 30.0. The molecule has 0 amide bonds. The van der Waals surface area contributed by atoms with Crippen LogP contribution in [0.3, 0.4) is 0 Å². The number of carboxylic acid groups (broad SMARTS) is 4. The van der Waals surface area contributed by atoms with Crippen LogP contribution in [0.15, 0.2) is 103 Å². The summed E-state index contributed by atoms with van der Waals surface area (Å²) in [6, 6.07) is 30.4. The zero-order chi connectivity index (χ0) is 46.0. The number of carbonyl (C=O) groups is 4. The monoisotopic (exact) mass is 942 g/mol. The van der Waals surface area contributed by atoms with E-state index in [0.717, 1.165) is 36.5 Å². The van der Waals surface area contributed by atoms with Gasteiger partial charge in [-0.05, 0) is 63.4 Å². The number of aromatic nitrogens is 4. The van der Waals surface area contributed by atoms with Crippen molar-refractivity contribution in [3.05, 3.63) is 162 Å². The van der Waals surface area contributed by atoms with Crippen LogP contribution >= 0.6 is 56.9 Å². The smallest absolute Gasteiger partial charge is 0.356 e. The Hall–Kier alpha value is -6.50. The van der Waals surface area contributed by atoms with Crippen molar-refractivity contribution >= 4 is 80.8 Å². The van der Waals surface area contributed by atoms with Crippen molar-refractivity contribution in [2.24, 2.45) is 0 Å². The van der Waals surface area contributed by atoms with Gasteiger partial charge in [0, 0.05) is 16.1 Å². The number of hydrogen-bond acceptors (Lipinski definition) is 12. The van der Waals surface area contributed by atoms with Gasteiger partial charge in [0.25, 0.3) is 0 Å². The van der Waals surface area contributed by atoms with E-state index in [1.165, 1.54) is 51.4 Å². The van der Waals surface area contributed by atoms with Gasteiger partial charge < -0.3 is 20.4 Å². The van der Waals surface area contributed by atoms with E-state index in [4.69, 9.17) is 32.0 Å². The van der Waals surface area contributed by atoms with Crippen LogP contribution in [0.25, 0.3) is 41.8 Å². The van der Waals surface area contributed by atoms with Crippen LogP contribution in [-0.4, -0.2) is 64.2 Å². The van der Waals surface area contributed by atoms with Crippen molar-refractivity contribution in [2.75, 3.05) is 0 Å². The van der Waals surface area contributed by atoms with Crippen molar-refractivity contribution in [2.45, 2.75) is 34.6 Å². The molecule has 63 heavy (non-hydrogen) atoms. The molecule has 4 aromatic carbocycles. The van der Waals surface area contributed by atoms with Gasteiger partial charge in [-0.2, -0.15) is 0 Å². The minimum Gasteiger partial charge on any atom is -0.476 e. The molecular formula is C45H36ClFN4O8S4. The van der Waals surface area contributed by atoms with E-state index in [1.54, 1.807) is 50.2 Å².